The van der Waals surface area contributed by atoms with Crippen LogP contribution < -0.4 is 16.5 Å². The highest BCUT2D eigenvalue weighted by Crippen LogP contribution is 2.17. The molecule has 0 bridgehead atoms. The Labute approximate surface area is 138 Å². The van der Waals surface area contributed by atoms with E-state index in [2.05, 4.69) is 5.32 Å². The van der Waals surface area contributed by atoms with Gasteiger partial charge in [0.2, 0.25) is 5.91 Å². The second kappa shape index (κ2) is 7.39. The van der Waals surface area contributed by atoms with Crippen LogP contribution in [0, 0.1) is 0 Å². The van der Waals surface area contributed by atoms with E-state index in [1.807, 2.05) is 0 Å². The maximum absolute atomic E-state index is 12.4. The lowest BCUT2D eigenvalue weighted by molar-refractivity contribution is -0.120. The SMILES string of the molecule is [B]c1ccc(N)c(NC(=O)[C@H](C)N(CC)C(=O)OC(C)(C)C)c1. The molecule has 0 aliphatic heterocycles. The Bertz CT molecular complexity index is 584. The molecule has 7 heteroatoms. The topological polar surface area (TPSA) is 84.7 Å². The number of rotatable bonds is 4. The minimum Gasteiger partial charge on any atom is -0.444 e. The minimum atomic E-state index is -0.712. The van der Waals surface area contributed by atoms with Crippen molar-refractivity contribution in [2.75, 3.05) is 17.6 Å². The normalized spacial score (nSPS) is 12.4. The maximum atomic E-state index is 12.4. The molecule has 2 radical (unpaired) electrons. The van der Waals surface area contributed by atoms with Crippen molar-refractivity contribution < 1.29 is 14.3 Å². The third-order valence-electron chi connectivity index (χ3n) is 3.15. The van der Waals surface area contributed by atoms with Crippen molar-refractivity contribution in [1.29, 1.82) is 0 Å². The monoisotopic (exact) mass is 317 g/mol. The van der Waals surface area contributed by atoms with E-state index < -0.39 is 17.7 Å². The molecule has 0 unspecified atom stereocenters. The standard InChI is InChI=1S/C16H24BN3O3/c1-6-20(15(22)23-16(3,4)5)10(2)14(21)19-13-9-11(17)7-8-12(13)18/h7-10H,6,18H2,1-5H3,(H,19,21)/t10-/m0/s1. The molecule has 0 fully saturated rings. The van der Waals surface area contributed by atoms with Gasteiger partial charge >= 0.3 is 6.09 Å². The zero-order chi connectivity index (χ0) is 17.8. The highest BCUT2D eigenvalue weighted by molar-refractivity contribution is 6.32. The largest absolute Gasteiger partial charge is 0.444 e. The third-order valence-corrected chi connectivity index (χ3v) is 3.15. The van der Waals surface area contributed by atoms with Crippen molar-refractivity contribution in [3.8, 4) is 0 Å². The van der Waals surface area contributed by atoms with Crippen LogP contribution in [-0.2, 0) is 9.53 Å². The molecule has 3 N–H and O–H groups in total. The number of likely N-dealkylation sites (N-methyl/N-ethyl adjacent to an activating group) is 1. The van der Waals surface area contributed by atoms with E-state index in [0.717, 1.165) is 0 Å². The van der Waals surface area contributed by atoms with E-state index in [-0.39, 0.29) is 5.91 Å². The molecule has 1 atom stereocenters. The summed E-state index contributed by atoms with van der Waals surface area (Å²) in [7, 11) is 5.69. The number of nitrogens with two attached hydrogens (primary N) is 1. The molecule has 1 rings (SSSR count). The molecule has 23 heavy (non-hydrogen) atoms. The van der Waals surface area contributed by atoms with Crippen molar-refractivity contribution in [3.63, 3.8) is 0 Å². The van der Waals surface area contributed by atoms with Gasteiger partial charge in [-0.3, -0.25) is 9.69 Å². The van der Waals surface area contributed by atoms with Gasteiger partial charge in [0.25, 0.3) is 0 Å². The number of carbonyl (C=O) groups excluding carboxylic acids is 2. The van der Waals surface area contributed by atoms with E-state index in [9.17, 15) is 9.59 Å². The fourth-order valence-electron chi connectivity index (χ4n) is 1.94. The van der Waals surface area contributed by atoms with Gasteiger partial charge in [-0.15, -0.1) is 0 Å². The molecule has 6 nitrogen and oxygen atoms in total. The van der Waals surface area contributed by atoms with Gasteiger partial charge in [-0.25, -0.2) is 4.79 Å². The number of anilines is 2. The molecule has 1 aromatic carbocycles. The van der Waals surface area contributed by atoms with E-state index in [1.54, 1.807) is 52.8 Å². The van der Waals surface area contributed by atoms with Crippen LogP contribution in [0.5, 0.6) is 0 Å². The predicted octanol–water partition coefficient (Wildman–Crippen LogP) is 1.65. The number of hydrogen-bond donors (Lipinski definition) is 2. The van der Waals surface area contributed by atoms with Gasteiger partial charge in [-0.1, -0.05) is 11.5 Å². The van der Waals surface area contributed by atoms with E-state index in [4.69, 9.17) is 18.3 Å². The van der Waals surface area contributed by atoms with Gasteiger partial charge in [-0.2, -0.15) is 0 Å². The van der Waals surface area contributed by atoms with Gasteiger partial charge in [0.1, 0.15) is 19.5 Å². The van der Waals surface area contributed by atoms with Crippen LogP contribution in [0.2, 0.25) is 0 Å². The Morgan fingerprint density at radius 2 is 2.00 bits per heavy atom. The number of hydrogen-bond acceptors (Lipinski definition) is 4. The molecule has 0 spiro atoms. The number of nitrogen functional groups attached to an aromatic ring is 1. The van der Waals surface area contributed by atoms with Crippen molar-refractivity contribution in [3.05, 3.63) is 18.2 Å². The van der Waals surface area contributed by atoms with Crippen LogP contribution in [0.3, 0.4) is 0 Å². The number of nitrogens with zero attached hydrogens (tertiary/aromatic N) is 1. The minimum absolute atomic E-state index is 0.343. The maximum Gasteiger partial charge on any atom is 0.410 e. The molecule has 1 aromatic rings. The Morgan fingerprint density at radius 1 is 1.39 bits per heavy atom. The zero-order valence-corrected chi connectivity index (χ0v) is 14.3. The number of carbonyl (C=O) groups is 2. The molecule has 0 saturated carbocycles. The molecule has 0 aliphatic carbocycles. The smallest absolute Gasteiger partial charge is 0.410 e. The number of amides is 2. The molecule has 0 heterocycles. The number of benzene rings is 1. The Kier molecular flexibility index (Phi) is 6.07. The Balaban J connectivity index is 2.84. The number of nitrogens with one attached hydrogen (secondary N) is 1. The number of ether oxygens (including phenoxy) is 1. The summed E-state index contributed by atoms with van der Waals surface area (Å²) in [6.45, 7) is 9.08. The molecule has 0 aliphatic rings. The first-order valence-electron chi connectivity index (χ1n) is 7.50. The van der Waals surface area contributed by atoms with E-state index >= 15 is 0 Å². The third kappa shape index (κ3) is 5.51. The summed E-state index contributed by atoms with van der Waals surface area (Å²) in [6.07, 6.45) is -0.539. The fraction of sp³-hybridized carbons (Fsp3) is 0.500. The van der Waals surface area contributed by atoms with Crippen molar-refractivity contribution >= 4 is 36.7 Å². The molecular weight excluding hydrogens is 293 g/mol. The lowest BCUT2D eigenvalue weighted by Gasteiger charge is -2.30. The van der Waals surface area contributed by atoms with Crippen molar-refractivity contribution in [1.82, 2.24) is 4.90 Å². The predicted molar refractivity (Wildman–Crippen MR) is 92.9 cm³/mol. The van der Waals surface area contributed by atoms with Gasteiger partial charge in [-0.05, 0) is 46.8 Å². The van der Waals surface area contributed by atoms with E-state index in [1.165, 1.54) is 4.90 Å². The van der Waals surface area contributed by atoms with Gasteiger partial charge in [0, 0.05) is 6.54 Å². The lowest BCUT2D eigenvalue weighted by atomic mass is 9.95. The summed E-state index contributed by atoms with van der Waals surface area (Å²) < 4.78 is 5.32. The highest BCUT2D eigenvalue weighted by Gasteiger charge is 2.29. The molecule has 2 amide bonds. The average molecular weight is 317 g/mol. The Morgan fingerprint density at radius 3 is 2.52 bits per heavy atom. The Hall–Kier alpha value is -2.18. The molecule has 0 aromatic heterocycles. The summed E-state index contributed by atoms with van der Waals surface area (Å²) in [6, 6.07) is 4.12. The van der Waals surface area contributed by atoms with Crippen LogP contribution in [0.1, 0.15) is 34.6 Å². The first kappa shape index (κ1) is 18.9. The molecular formula is C16H24BN3O3. The summed E-state index contributed by atoms with van der Waals surface area (Å²) in [5, 5.41) is 2.69. The first-order chi connectivity index (χ1) is 10.5. The summed E-state index contributed by atoms with van der Waals surface area (Å²) >= 11 is 0. The van der Waals surface area contributed by atoms with E-state index in [0.29, 0.717) is 23.4 Å². The highest BCUT2D eigenvalue weighted by atomic mass is 16.6. The van der Waals surface area contributed by atoms with Crippen LogP contribution in [0.25, 0.3) is 0 Å². The van der Waals surface area contributed by atoms with Crippen LogP contribution in [0.4, 0.5) is 16.2 Å². The van der Waals surface area contributed by atoms with Crippen LogP contribution in [-0.4, -0.2) is 42.9 Å². The summed E-state index contributed by atoms with van der Waals surface area (Å²) in [4.78, 5) is 25.9. The lowest BCUT2D eigenvalue weighted by Crippen LogP contribution is -2.47. The van der Waals surface area contributed by atoms with Gasteiger partial charge in [0.15, 0.2) is 0 Å². The summed E-state index contributed by atoms with van der Waals surface area (Å²) in [5.74, 6) is -0.366. The van der Waals surface area contributed by atoms with Gasteiger partial charge in [0.05, 0.1) is 11.4 Å². The van der Waals surface area contributed by atoms with Crippen molar-refractivity contribution in [2.24, 2.45) is 0 Å². The average Bonchev–Trinajstić information content (AvgIpc) is 2.41. The zero-order valence-electron chi connectivity index (χ0n) is 14.3. The first-order valence-corrected chi connectivity index (χ1v) is 7.50. The quantitative estimate of drug-likeness (QED) is 0.653. The second-order valence-corrected chi connectivity index (χ2v) is 6.28. The van der Waals surface area contributed by atoms with Crippen molar-refractivity contribution in [2.45, 2.75) is 46.3 Å². The van der Waals surface area contributed by atoms with Gasteiger partial charge < -0.3 is 15.8 Å². The molecule has 0 saturated heterocycles. The summed E-state index contributed by atoms with van der Waals surface area (Å²) in [5.41, 5.74) is 6.50. The van der Waals surface area contributed by atoms with Crippen LogP contribution in [0.15, 0.2) is 18.2 Å². The van der Waals surface area contributed by atoms with Crippen LogP contribution >= 0.6 is 0 Å². The molecule has 124 valence electrons. The second-order valence-electron chi connectivity index (χ2n) is 6.28. The fourth-order valence-corrected chi connectivity index (χ4v) is 1.94.